The topological polar surface area (TPSA) is 62.1 Å². The summed E-state index contributed by atoms with van der Waals surface area (Å²) in [6.45, 7) is 11.9. The summed E-state index contributed by atoms with van der Waals surface area (Å²) in [4.78, 5) is 12.4. The molecule has 1 N–H and O–H groups in total. The second-order valence-corrected chi connectivity index (χ2v) is 11.9. The van der Waals surface area contributed by atoms with Gasteiger partial charge in [-0.25, -0.2) is 0 Å². The van der Waals surface area contributed by atoms with Crippen LogP contribution in [-0.4, -0.2) is 19.8 Å². The maximum absolute atomic E-state index is 12.4. The van der Waals surface area contributed by atoms with Crippen molar-refractivity contribution in [2.24, 2.45) is 0 Å². The van der Waals surface area contributed by atoms with Crippen LogP contribution in [0.15, 0.2) is 35.9 Å². The minimum atomic E-state index is -1.87. The maximum atomic E-state index is 12.4. The van der Waals surface area contributed by atoms with Crippen LogP contribution in [0.3, 0.4) is 0 Å². The molecular formula is C20H26N2O2Si. The van der Waals surface area contributed by atoms with Crippen LogP contribution in [0.2, 0.25) is 19.6 Å². The van der Waals surface area contributed by atoms with Crippen molar-refractivity contribution in [3.05, 3.63) is 47.1 Å². The highest BCUT2D eigenvalue weighted by Gasteiger charge is 2.30. The molecule has 1 heterocycles. The van der Waals surface area contributed by atoms with E-state index in [1.165, 1.54) is 5.56 Å². The average Bonchev–Trinajstić information content (AvgIpc) is 2.86. The molecule has 0 spiro atoms. The highest BCUT2D eigenvalue weighted by atomic mass is 28.4. The zero-order chi connectivity index (χ0) is 18.8. The number of rotatable bonds is 5. The predicted molar refractivity (Wildman–Crippen MR) is 105 cm³/mol. The Kier molecular flexibility index (Phi) is 5.36. The van der Waals surface area contributed by atoms with E-state index in [-0.39, 0.29) is 5.91 Å². The van der Waals surface area contributed by atoms with E-state index in [2.05, 4.69) is 44.0 Å². The molecule has 1 aromatic carbocycles. The monoisotopic (exact) mass is 354 g/mol. The number of anilines is 1. The molecular weight excluding hydrogens is 328 g/mol. The van der Waals surface area contributed by atoms with E-state index < -0.39 is 13.9 Å². The summed E-state index contributed by atoms with van der Waals surface area (Å²) in [7, 11) is -1.87. The van der Waals surface area contributed by atoms with Crippen LogP contribution in [0, 0.1) is 11.3 Å². The number of nitrogens with zero attached hydrogens (tertiary/aromatic N) is 1. The first-order valence-electron chi connectivity index (χ1n) is 8.55. The minimum Gasteiger partial charge on any atom is -0.397 e. The van der Waals surface area contributed by atoms with Crippen LogP contribution in [0.5, 0.6) is 0 Å². The third-order valence-corrected chi connectivity index (χ3v) is 5.06. The van der Waals surface area contributed by atoms with Gasteiger partial charge in [-0.05, 0) is 69.3 Å². The number of allylic oxidation sites excluding steroid dienone is 2. The third kappa shape index (κ3) is 4.47. The fourth-order valence-electron chi connectivity index (χ4n) is 2.92. The van der Waals surface area contributed by atoms with E-state index in [0.29, 0.717) is 5.57 Å². The van der Waals surface area contributed by atoms with Gasteiger partial charge in [-0.2, -0.15) is 5.26 Å². The Labute approximate surface area is 151 Å². The number of hydrogen-bond donors (Lipinski definition) is 1. The van der Waals surface area contributed by atoms with E-state index in [4.69, 9.17) is 4.43 Å². The van der Waals surface area contributed by atoms with Crippen molar-refractivity contribution >= 4 is 25.5 Å². The Morgan fingerprint density at radius 3 is 2.64 bits per heavy atom. The SMILES string of the molecule is CCc1ccc2c(c1)/C(=C(C)/C=C/[C@@](C)(C#N)O[Si](C)(C)C)C(=O)N2. The van der Waals surface area contributed by atoms with Crippen LogP contribution in [0.4, 0.5) is 5.69 Å². The van der Waals surface area contributed by atoms with Gasteiger partial charge in [-0.3, -0.25) is 4.79 Å². The molecule has 1 atom stereocenters. The number of amides is 1. The Hall–Kier alpha value is -2.16. The van der Waals surface area contributed by atoms with Crippen LogP contribution >= 0.6 is 0 Å². The zero-order valence-corrected chi connectivity index (χ0v) is 16.9. The van der Waals surface area contributed by atoms with E-state index >= 15 is 0 Å². The molecule has 4 nitrogen and oxygen atoms in total. The molecule has 0 saturated heterocycles. The lowest BCUT2D eigenvalue weighted by Gasteiger charge is -2.27. The summed E-state index contributed by atoms with van der Waals surface area (Å²) in [6.07, 6.45) is 4.49. The molecule has 0 bridgehead atoms. The van der Waals surface area contributed by atoms with Gasteiger partial charge in [0.1, 0.15) is 6.07 Å². The van der Waals surface area contributed by atoms with Gasteiger partial charge >= 0.3 is 0 Å². The standard InChI is InChI=1S/C20H26N2O2Si/c1-7-15-8-9-17-16(12-15)18(19(23)22-17)14(2)10-11-20(3,13-21)24-25(4,5)6/h8-12H,7H2,1-6H3,(H,22,23)/b11-10+,18-14-/t20-/m0/s1. The number of carbonyl (C=O) groups excluding carboxylic acids is 1. The molecule has 0 aromatic heterocycles. The Bertz CT molecular complexity index is 797. The average molecular weight is 355 g/mol. The van der Waals surface area contributed by atoms with Gasteiger partial charge in [0, 0.05) is 11.3 Å². The molecule has 0 fully saturated rings. The van der Waals surface area contributed by atoms with Gasteiger partial charge in [0.25, 0.3) is 5.91 Å². The quantitative estimate of drug-likeness (QED) is 0.617. The first-order chi connectivity index (χ1) is 11.6. The molecule has 1 amide bonds. The third-order valence-electron chi connectivity index (χ3n) is 4.02. The highest BCUT2D eigenvalue weighted by molar-refractivity contribution is 6.69. The smallest absolute Gasteiger partial charge is 0.256 e. The van der Waals surface area contributed by atoms with Gasteiger partial charge < -0.3 is 9.74 Å². The number of aryl methyl sites for hydroxylation is 1. The fourth-order valence-corrected chi connectivity index (χ4v) is 4.31. The van der Waals surface area contributed by atoms with E-state index in [1.54, 1.807) is 13.0 Å². The number of nitriles is 1. The molecule has 0 saturated carbocycles. The van der Waals surface area contributed by atoms with Crippen molar-refractivity contribution < 1.29 is 9.22 Å². The fraction of sp³-hybridized carbons (Fsp3) is 0.400. The molecule has 25 heavy (non-hydrogen) atoms. The molecule has 0 unspecified atom stereocenters. The summed E-state index contributed by atoms with van der Waals surface area (Å²) in [6, 6.07) is 8.27. The molecule has 1 aliphatic rings. The minimum absolute atomic E-state index is 0.102. The number of nitrogens with one attached hydrogen (secondary N) is 1. The molecule has 2 rings (SSSR count). The second kappa shape index (κ2) is 6.99. The van der Waals surface area contributed by atoms with Crippen molar-refractivity contribution in [2.75, 3.05) is 5.32 Å². The first kappa shape index (κ1) is 19.2. The number of benzene rings is 1. The van der Waals surface area contributed by atoms with Crippen molar-refractivity contribution in [3.63, 3.8) is 0 Å². The van der Waals surface area contributed by atoms with Gasteiger partial charge in [0.2, 0.25) is 0 Å². The van der Waals surface area contributed by atoms with E-state index in [9.17, 15) is 10.1 Å². The summed E-state index contributed by atoms with van der Waals surface area (Å²) in [5.41, 5.74) is 3.45. The molecule has 1 aromatic rings. The number of carbonyl (C=O) groups is 1. The lowest BCUT2D eigenvalue weighted by atomic mass is 9.98. The normalized spacial score (nSPS) is 18.5. The summed E-state index contributed by atoms with van der Waals surface area (Å²) < 4.78 is 5.99. The van der Waals surface area contributed by atoms with Crippen molar-refractivity contribution in [2.45, 2.75) is 52.4 Å². The molecule has 5 heteroatoms. The van der Waals surface area contributed by atoms with Crippen LogP contribution in [0.1, 0.15) is 31.9 Å². The zero-order valence-electron chi connectivity index (χ0n) is 15.9. The largest absolute Gasteiger partial charge is 0.397 e. The van der Waals surface area contributed by atoms with Crippen molar-refractivity contribution in [3.8, 4) is 6.07 Å². The molecule has 132 valence electrons. The van der Waals surface area contributed by atoms with Gasteiger partial charge in [-0.15, -0.1) is 0 Å². The summed E-state index contributed by atoms with van der Waals surface area (Å²) in [5.74, 6) is -0.102. The maximum Gasteiger partial charge on any atom is 0.256 e. The van der Waals surface area contributed by atoms with Gasteiger partial charge in [0.15, 0.2) is 13.9 Å². The Morgan fingerprint density at radius 1 is 1.40 bits per heavy atom. The second-order valence-electron chi connectivity index (χ2n) is 7.51. The summed E-state index contributed by atoms with van der Waals surface area (Å²) >= 11 is 0. The van der Waals surface area contributed by atoms with Crippen molar-refractivity contribution in [1.29, 1.82) is 5.26 Å². The Balaban J connectivity index is 2.41. The number of hydrogen-bond acceptors (Lipinski definition) is 3. The van der Waals surface area contributed by atoms with E-state index in [1.807, 2.05) is 25.1 Å². The lowest BCUT2D eigenvalue weighted by molar-refractivity contribution is -0.110. The summed E-state index contributed by atoms with van der Waals surface area (Å²) in [5, 5.41) is 12.4. The number of fused-ring (bicyclic) bond motifs is 1. The van der Waals surface area contributed by atoms with Crippen LogP contribution in [-0.2, 0) is 15.6 Å². The van der Waals surface area contributed by atoms with Gasteiger partial charge in [-0.1, -0.05) is 19.1 Å². The lowest BCUT2D eigenvalue weighted by Crippen LogP contribution is -2.38. The molecule has 1 aliphatic heterocycles. The van der Waals surface area contributed by atoms with Crippen LogP contribution in [0.25, 0.3) is 5.57 Å². The molecule has 0 aliphatic carbocycles. The van der Waals surface area contributed by atoms with Gasteiger partial charge in [0.05, 0.1) is 5.57 Å². The van der Waals surface area contributed by atoms with Crippen LogP contribution < -0.4 is 5.32 Å². The highest BCUT2D eigenvalue weighted by Crippen LogP contribution is 2.35. The van der Waals surface area contributed by atoms with Crippen molar-refractivity contribution in [1.82, 2.24) is 0 Å². The predicted octanol–water partition coefficient (Wildman–Crippen LogP) is 4.66. The Morgan fingerprint density at radius 2 is 2.08 bits per heavy atom. The van der Waals surface area contributed by atoms with E-state index in [0.717, 1.165) is 23.2 Å². The molecule has 0 radical (unpaired) electrons. The first-order valence-corrected chi connectivity index (χ1v) is 12.0.